The van der Waals surface area contributed by atoms with Gasteiger partial charge in [-0.05, 0) is 33.2 Å². The number of hydrogen-bond donors (Lipinski definition) is 1. The molecule has 2 aliphatic rings. The maximum Gasteiger partial charge on any atom is 0.490 e. The summed E-state index contributed by atoms with van der Waals surface area (Å²) in [5, 5.41) is 8.26. The molecule has 2 aliphatic heterocycles. The largest absolute Gasteiger partial charge is 0.490 e. The van der Waals surface area contributed by atoms with Crippen LogP contribution in [-0.4, -0.2) is 64.6 Å². The van der Waals surface area contributed by atoms with Gasteiger partial charge in [0.15, 0.2) is 0 Å². The van der Waals surface area contributed by atoms with Crippen LogP contribution in [0.1, 0.15) is 28.4 Å². The molecule has 1 aromatic heterocycles. The lowest BCUT2D eigenvalue weighted by atomic mass is 9.72. The second kappa shape index (κ2) is 7.51. The van der Waals surface area contributed by atoms with Gasteiger partial charge in [-0.15, -0.1) is 11.3 Å². The van der Waals surface area contributed by atoms with Crippen LogP contribution in [0.5, 0.6) is 0 Å². The van der Waals surface area contributed by atoms with Crippen LogP contribution in [0.3, 0.4) is 0 Å². The van der Waals surface area contributed by atoms with Crippen LogP contribution in [0.25, 0.3) is 0 Å². The molecule has 6 nitrogen and oxygen atoms in total. The Kier molecular flexibility index (Phi) is 5.96. The number of carboxylic acid groups (broad SMARTS) is 1. The summed E-state index contributed by atoms with van der Waals surface area (Å²) in [6.07, 6.45) is -2.89. The van der Waals surface area contributed by atoms with Crippen molar-refractivity contribution in [3.05, 3.63) is 15.6 Å². The van der Waals surface area contributed by atoms with Gasteiger partial charge in [0.2, 0.25) is 5.91 Å². The summed E-state index contributed by atoms with van der Waals surface area (Å²) in [6, 6.07) is 0. The Bertz CT molecular complexity index is 688. The van der Waals surface area contributed by atoms with Crippen molar-refractivity contribution in [2.24, 2.45) is 5.41 Å². The molecular weight excluding hydrogens is 371 g/mol. The SMILES string of the molecule is Cc1nc(C)c(CN2CCCC3(C2)CN(C)C3=O)s1.O=C(O)C(F)(F)F. The molecule has 2 saturated heterocycles. The van der Waals surface area contributed by atoms with Crippen LogP contribution in [0.4, 0.5) is 13.2 Å². The first-order chi connectivity index (χ1) is 11.9. The van der Waals surface area contributed by atoms with Gasteiger partial charge in [0.05, 0.1) is 16.1 Å². The molecule has 1 atom stereocenters. The number of thiazole rings is 1. The molecule has 3 rings (SSSR count). The van der Waals surface area contributed by atoms with Crippen molar-refractivity contribution >= 4 is 23.2 Å². The number of carbonyl (C=O) groups excluding carboxylic acids is 1. The van der Waals surface area contributed by atoms with E-state index < -0.39 is 12.1 Å². The minimum absolute atomic E-state index is 0.0688. The minimum Gasteiger partial charge on any atom is -0.475 e. The van der Waals surface area contributed by atoms with Gasteiger partial charge in [-0.1, -0.05) is 0 Å². The Morgan fingerprint density at radius 3 is 2.38 bits per heavy atom. The molecule has 1 N–H and O–H groups in total. The number of hydrogen-bond acceptors (Lipinski definition) is 5. The monoisotopic (exact) mass is 393 g/mol. The highest BCUT2D eigenvalue weighted by Gasteiger charge is 2.52. The summed E-state index contributed by atoms with van der Waals surface area (Å²) < 4.78 is 31.7. The van der Waals surface area contributed by atoms with Crippen molar-refractivity contribution in [1.82, 2.24) is 14.8 Å². The fourth-order valence-corrected chi connectivity index (χ4v) is 4.48. The third-order valence-corrected chi connectivity index (χ3v) is 5.66. The molecule has 0 aliphatic carbocycles. The fourth-order valence-electron chi connectivity index (χ4n) is 3.50. The van der Waals surface area contributed by atoms with Gasteiger partial charge in [0.25, 0.3) is 0 Å². The predicted octanol–water partition coefficient (Wildman–Crippen LogP) is 2.45. The van der Waals surface area contributed by atoms with Crippen molar-refractivity contribution in [2.45, 2.75) is 39.4 Å². The number of alkyl halides is 3. The van der Waals surface area contributed by atoms with Crippen LogP contribution < -0.4 is 0 Å². The van der Waals surface area contributed by atoms with Gasteiger partial charge in [-0.25, -0.2) is 9.78 Å². The Balaban J connectivity index is 0.000000298. The lowest BCUT2D eigenvalue weighted by Gasteiger charge is -2.52. The quantitative estimate of drug-likeness (QED) is 0.782. The smallest absolute Gasteiger partial charge is 0.475 e. The number of β-lactam (4-membered cyclic amide) rings is 1. The van der Waals surface area contributed by atoms with Crippen molar-refractivity contribution in [3.8, 4) is 0 Å². The van der Waals surface area contributed by atoms with E-state index in [1.54, 1.807) is 11.3 Å². The van der Waals surface area contributed by atoms with E-state index in [-0.39, 0.29) is 5.41 Å². The van der Waals surface area contributed by atoms with Crippen molar-refractivity contribution < 1.29 is 27.9 Å². The average Bonchev–Trinajstić information content (AvgIpc) is 2.84. The van der Waals surface area contributed by atoms with Gasteiger partial charge >= 0.3 is 12.1 Å². The predicted molar refractivity (Wildman–Crippen MR) is 89.9 cm³/mol. The summed E-state index contributed by atoms with van der Waals surface area (Å²) >= 11 is 1.79. The third-order valence-electron chi connectivity index (χ3n) is 4.61. The Hall–Kier alpha value is -1.68. The minimum atomic E-state index is -5.08. The fraction of sp³-hybridized carbons (Fsp3) is 0.688. The molecule has 26 heavy (non-hydrogen) atoms. The highest BCUT2D eigenvalue weighted by atomic mass is 32.1. The molecule has 1 amide bonds. The van der Waals surface area contributed by atoms with Crippen LogP contribution >= 0.6 is 11.3 Å². The number of aliphatic carboxylic acids is 1. The van der Waals surface area contributed by atoms with Crippen molar-refractivity contribution in [2.75, 3.05) is 26.7 Å². The number of aromatic nitrogens is 1. The summed E-state index contributed by atoms with van der Waals surface area (Å²) in [5.41, 5.74) is 1.08. The van der Waals surface area contributed by atoms with E-state index in [4.69, 9.17) is 9.90 Å². The number of rotatable bonds is 2. The summed E-state index contributed by atoms with van der Waals surface area (Å²) in [4.78, 5) is 31.1. The van der Waals surface area contributed by atoms with Crippen LogP contribution in [0.2, 0.25) is 0 Å². The number of nitrogens with zero attached hydrogens (tertiary/aromatic N) is 3. The molecule has 3 heterocycles. The molecular formula is C16H22F3N3O3S. The van der Waals surface area contributed by atoms with Gasteiger partial charge in [0, 0.05) is 31.6 Å². The summed E-state index contributed by atoms with van der Waals surface area (Å²) in [5.74, 6) is -2.41. The molecule has 10 heteroatoms. The molecule has 146 valence electrons. The van der Waals surface area contributed by atoms with Gasteiger partial charge in [-0.3, -0.25) is 9.69 Å². The standard InChI is InChI=1S/C14H21N3OS.C2HF3O2/c1-10-12(19-11(2)15-10)7-17-6-4-5-14(9-17)8-16(3)13(14)18;3-2(4,5)1(6)7/h4-9H2,1-3H3;(H,6,7). The highest BCUT2D eigenvalue weighted by molar-refractivity contribution is 7.11. The second-order valence-electron chi connectivity index (χ2n) is 6.80. The normalized spacial score (nSPS) is 23.5. The lowest BCUT2D eigenvalue weighted by molar-refractivity contribution is -0.192. The maximum atomic E-state index is 12.1. The third kappa shape index (κ3) is 4.53. The summed E-state index contributed by atoms with van der Waals surface area (Å²) in [6.45, 7) is 8.06. The van der Waals surface area contributed by atoms with Gasteiger partial charge < -0.3 is 10.0 Å². The molecule has 1 unspecified atom stereocenters. The number of carbonyl (C=O) groups is 2. The van der Waals surface area contributed by atoms with Crippen LogP contribution in [0.15, 0.2) is 0 Å². The summed E-state index contributed by atoms with van der Waals surface area (Å²) in [7, 11) is 1.91. The van der Waals surface area contributed by atoms with Crippen molar-refractivity contribution in [1.29, 1.82) is 0 Å². The topological polar surface area (TPSA) is 73.7 Å². The molecule has 0 aromatic carbocycles. The van der Waals surface area contributed by atoms with E-state index in [1.807, 2.05) is 11.9 Å². The Labute approximate surface area is 153 Å². The molecule has 0 radical (unpaired) electrons. The number of halogens is 3. The van der Waals surface area contributed by atoms with Crippen molar-refractivity contribution in [3.63, 3.8) is 0 Å². The molecule has 1 spiro atoms. The first kappa shape index (κ1) is 20.6. The number of piperidine rings is 1. The average molecular weight is 393 g/mol. The van der Waals surface area contributed by atoms with E-state index in [2.05, 4.69) is 23.7 Å². The molecule has 0 bridgehead atoms. The number of carboxylic acids is 1. The van der Waals surface area contributed by atoms with E-state index in [0.29, 0.717) is 5.91 Å². The Morgan fingerprint density at radius 2 is 1.96 bits per heavy atom. The number of likely N-dealkylation sites (tertiary alicyclic amines) is 2. The van der Waals surface area contributed by atoms with E-state index >= 15 is 0 Å². The zero-order valence-corrected chi connectivity index (χ0v) is 15.7. The lowest BCUT2D eigenvalue weighted by Crippen LogP contribution is -2.65. The maximum absolute atomic E-state index is 12.1. The zero-order chi connectivity index (χ0) is 19.7. The van der Waals surface area contributed by atoms with E-state index in [0.717, 1.165) is 49.7 Å². The Morgan fingerprint density at radius 1 is 1.35 bits per heavy atom. The molecule has 1 aromatic rings. The van der Waals surface area contributed by atoms with E-state index in [1.165, 1.54) is 4.88 Å². The highest BCUT2D eigenvalue weighted by Crippen LogP contribution is 2.40. The van der Waals surface area contributed by atoms with Crippen LogP contribution in [0, 0.1) is 19.3 Å². The number of aryl methyl sites for hydroxylation is 2. The van der Waals surface area contributed by atoms with Gasteiger partial charge in [0.1, 0.15) is 0 Å². The zero-order valence-electron chi connectivity index (χ0n) is 14.9. The van der Waals surface area contributed by atoms with Crippen LogP contribution in [-0.2, 0) is 16.1 Å². The second-order valence-corrected chi connectivity index (χ2v) is 8.09. The molecule has 2 fully saturated rings. The number of amides is 1. The molecule has 0 saturated carbocycles. The van der Waals surface area contributed by atoms with Gasteiger partial charge in [-0.2, -0.15) is 13.2 Å². The first-order valence-electron chi connectivity index (χ1n) is 8.15. The van der Waals surface area contributed by atoms with E-state index in [9.17, 15) is 18.0 Å². The first-order valence-corrected chi connectivity index (χ1v) is 8.97.